The molecule has 106 heavy (non-hydrogen) atoms. The number of hydrogen-bond donors (Lipinski definition) is 0. The number of carbonyl (C=O) groups excluding carboxylic acids is 2. The van der Waals surface area contributed by atoms with E-state index >= 15 is 14.0 Å². The second-order valence-electron chi connectivity index (χ2n) is 23.9. The number of nitrogens with zero attached hydrogens (tertiary/aromatic N) is 6. The summed E-state index contributed by atoms with van der Waals surface area (Å²) >= 11 is 0.170. The minimum atomic E-state index is -4.63. The summed E-state index contributed by atoms with van der Waals surface area (Å²) in [5.41, 5.74) is -10.5. The highest BCUT2D eigenvalue weighted by Gasteiger charge is 2.34. The molecule has 12 nitrogen and oxygen atoms in total. The molecule has 0 bridgehead atoms. The first-order valence-corrected chi connectivity index (χ1v) is 34.1. The highest BCUT2D eigenvalue weighted by atomic mass is 32.2. The average molecular weight is 1530 g/mol. The quantitative estimate of drug-likeness (QED) is 0.0428. The number of hydrogen-bond acceptors (Lipinski definition) is 10. The van der Waals surface area contributed by atoms with Crippen LogP contribution in [0.25, 0.3) is 44.1 Å². The van der Waals surface area contributed by atoms with Crippen LogP contribution in [-0.4, -0.2) is 119 Å². The minimum Gasteiger partial charge on any atom is -0.383 e. The number of likely N-dealkylation sites (tertiary alicyclic amines) is 2. The molecule has 0 atom stereocenters. The lowest BCUT2D eigenvalue weighted by Gasteiger charge is -2.39. The smallest absolute Gasteiger partial charge is 0.383 e. The van der Waals surface area contributed by atoms with Crippen molar-refractivity contribution in [3.63, 3.8) is 0 Å². The van der Waals surface area contributed by atoms with Crippen molar-refractivity contribution in [2.24, 2.45) is 0 Å². The van der Waals surface area contributed by atoms with E-state index in [1.54, 1.807) is 0 Å². The fraction of sp³-hybridized carbons (Fsp3) is 0.317. The Hall–Kier alpha value is -9.04. The highest BCUT2D eigenvalue weighted by molar-refractivity contribution is 7.98. The third-order valence-corrected chi connectivity index (χ3v) is 18.6. The van der Waals surface area contributed by atoms with Gasteiger partial charge < -0.3 is 38.2 Å². The predicted octanol–water partition coefficient (Wildman–Crippen LogP) is 17.4. The van der Waals surface area contributed by atoms with E-state index in [1.807, 2.05) is 0 Å². The van der Waals surface area contributed by atoms with Crippen molar-refractivity contribution in [2.75, 3.05) is 66.5 Å². The molecule has 0 saturated carbocycles. The van der Waals surface area contributed by atoms with E-state index in [0.29, 0.717) is 48.9 Å². The lowest BCUT2D eigenvalue weighted by molar-refractivity contribution is -0.138. The van der Waals surface area contributed by atoms with Gasteiger partial charge in [-0.3, -0.25) is 19.2 Å². The summed E-state index contributed by atoms with van der Waals surface area (Å²) in [6.07, 6.45) is -10.4. The summed E-state index contributed by atoms with van der Waals surface area (Å²) in [7, 11) is -5.91. The zero-order valence-electron chi connectivity index (χ0n) is 83.9. The molecule has 24 heteroatoms. The molecule has 0 radical (unpaired) electrons. The molecule has 556 valence electrons. The molecule has 2 fully saturated rings. The summed E-state index contributed by atoms with van der Waals surface area (Å²) in [4.78, 5) is 61.9. The SMILES string of the molecule is [2H]c1c(C)c([2H])c2c(=O)c([2H])c(SC([2H])([2H])c3cccc(F)c3F)n(C([2H])([2H])C(=O)N(C3CCN(C([2H])([2H])COC([2H])([2H])[2H])CC3)C([2H])([2H])c3ccc(-c4ccc(C(F)(F)F)cc4)cc3)c2c1[2H].[2H]c1c(C)c([2H])c2c(=O)c([2H])c(SCc3cccc(F)c3F)n(C([2H])([2H])C(=O)N(C3CCN(C([2H])([2H])COC([2H])([2H])[2H])CC3)C([2H])([2H])c3ccc(-c4ccc(C(F)(F)F)cc4)cc3)c2c1[2H]. The fourth-order valence-electron chi connectivity index (χ4n) is 11.3. The van der Waals surface area contributed by atoms with Gasteiger partial charge in [0.15, 0.2) is 34.1 Å². The van der Waals surface area contributed by atoms with Gasteiger partial charge in [0.1, 0.15) is 13.0 Å². The lowest BCUT2D eigenvalue weighted by atomic mass is 10.00. The third kappa shape index (κ3) is 19.6. The second kappa shape index (κ2) is 35.1. The topological polar surface area (TPSA) is 110 Å². The monoisotopic (exact) mass is 1530 g/mol. The van der Waals surface area contributed by atoms with E-state index in [2.05, 4.69) is 0 Å². The van der Waals surface area contributed by atoms with Gasteiger partial charge in [-0.2, -0.15) is 26.3 Å². The number of amides is 2. The average Bonchev–Trinajstić information content (AvgIpc) is 0.712. The van der Waals surface area contributed by atoms with Gasteiger partial charge in [0, 0.05) is 132 Å². The van der Waals surface area contributed by atoms with Gasteiger partial charge in [0.05, 0.1) is 75.6 Å². The molecule has 2 saturated heterocycles. The van der Waals surface area contributed by atoms with Crippen molar-refractivity contribution >= 4 is 57.1 Å². The molecule has 2 aliphatic rings. The number of carbonyl (C=O) groups is 2. The molecular formula is C82H80F10N6O6S2. The molecular weight excluding hydrogens is 1420 g/mol. The Balaban J connectivity index is 0.000000258. The summed E-state index contributed by atoms with van der Waals surface area (Å²) in [5, 5.41) is -3.40. The molecule has 10 aromatic rings. The van der Waals surface area contributed by atoms with Crippen LogP contribution in [-0.2, 0) is 68.9 Å². The predicted molar refractivity (Wildman–Crippen MR) is 395 cm³/mol. The van der Waals surface area contributed by atoms with Crippen LogP contribution in [0.4, 0.5) is 43.9 Å². The maximum absolute atomic E-state index is 15.4. The molecule has 0 unspecified atom stereocenters. The van der Waals surface area contributed by atoms with Gasteiger partial charge in [-0.1, -0.05) is 120 Å². The number of methoxy groups -OCH3 is 2. The number of piperidine rings is 2. The Bertz CT molecular complexity index is 6270. The van der Waals surface area contributed by atoms with E-state index in [9.17, 15) is 60.1 Å². The zero-order valence-corrected chi connectivity index (χ0v) is 57.5. The number of fused-ring (bicyclic) bond motifs is 2. The molecule has 0 aliphatic carbocycles. The van der Waals surface area contributed by atoms with Gasteiger partial charge in [-0.05, 0) is 133 Å². The van der Waals surface area contributed by atoms with E-state index < -0.39 is 245 Å². The standard InChI is InChI=1S/2C41H40F5N3O3S/c2*1-27-6-15-36-34(22-27)37(50)23-39(53-26-31-4-3-5-35(42)40(31)43)49(36)25-38(51)48(33-16-18-47(19-17-33)20-21-52-2)24-28-7-9-29(10-8-28)30-11-13-32(14-12-30)41(44,45)46/h2*3-15,22-23,33H,16-21,24-26H2,1-2H3/i2D3,6D,15D,20D2,22D,23D,24D2,25D2,26D2;2D3,6D,15D,20D2,22D,23D,24D2,25D2. The van der Waals surface area contributed by atoms with Crippen molar-refractivity contribution in [3.05, 3.63) is 270 Å². The van der Waals surface area contributed by atoms with Crippen molar-refractivity contribution in [1.82, 2.24) is 28.7 Å². The van der Waals surface area contributed by atoms with Crippen LogP contribution in [0.15, 0.2) is 201 Å². The van der Waals surface area contributed by atoms with Crippen LogP contribution in [0.3, 0.4) is 0 Å². The summed E-state index contributed by atoms with van der Waals surface area (Å²) in [6, 6.07) is 14.3. The Morgan fingerprint density at radius 3 is 1.29 bits per heavy atom. The van der Waals surface area contributed by atoms with Crippen molar-refractivity contribution in [1.29, 1.82) is 0 Å². The second-order valence-corrected chi connectivity index (χ2v) is 25.6. The van der Waals surface area contributed by atoms with E-state index in [0.717, 1.165) is 47.4 Å². The van der Waals surface area contributed by atoms with Crippen LogP contribution in [0.5, 0.6) is 0 Å². The number of ether oxygens (including phenoxy) is 2. The van der Waals surface area contributed by atoms with E-state index in [-0.39, 0.29) is 102 Å². The minimum absolute atomic E-state index is 0.196. The molecule has 2 aromatic heterocycles. The summed E-state index contributed by atoms with van der Waals surface area (Å²) in [6.45, 7) is -18.9. The van der Waals surface area contributed by atoms with Gasteiger partial charge in [-0.15, -0.1) is 23.5 Å². The molecule has 2 amide bonds. The molecule has 12 rings (SSSR count). The molecule has 4 heterocycles. The van der Waals surface area contributed by atoms with Gasteiger partial charge in [0.2, 0.25) is 11.8 Å². The van der Waals surface area contributed by atoms with Gasteiger partial charge in [0.25, 0.3) is 0 Å². The van der Waals surface area contributed by atoms with Crippen LogP contribution >= 0.6 is 23.5 Å². The van der Waals surface area contributed by atoms with Gasteiger partial charge in [-0.25, -0.2) is 17.6 Å². The van der Waals surface area contributed by atoms with E-state index in [4.69, 9.17) is 36.9 Å². The summed E-state index contributed by atoms with van der Waals surface area (Å²) in [5.74, 6) is -9.85. The molecule has 8 aromatic carbocycles. The number of pyridine rings is 2. The number of thioether (sulfide) groups is 2. The van der Waals surface area contributed by atoms with Crippen molar-refractivity contribution < 1.29 is 101 Å². The Labute approximate surface area is 655 Å². The molecule has 0 spiro atoms. The first-order valence-electron chi connectivity index (χ1n) is 46.3. The van der Waals surface area contributed by atoms with Crippen molar-refractivity contribution in [2.45, 2.75) is 111 Å². The van der Waals surface area contributed by atoms with Crippen LogP contribution in [0.2, 0.25) is 0 Å². The molecule has 0 N–H and O–H groups in total. The van der Waals surface area contributed by atoms with Gasteiger partial charge >= 0.3 is 12.4 Å². The van der Waals surface area contributed by atoms with Crippen molar-refractivity contribution in [3.8, 4) is 22.3 Å². The first-order chi connectivity index (χ1) is 61.7. The Kier molecular flexibility index (Phi) is 16.2. The van der Waals surface area contributed by atoms with Crippen LogP contribution in [0.1, 0.15) is 109 Å². The maximum Gasteiger partial charge on any atom is 0.416 e. The van der Waals surface area contributed by atoms with Crippen LogP contribution in [0, 0.1) is 37.1 Å². The number of rotatable bonds is 24. The molecule has 2 aliphatic heterocycles. The number of alkyl halides is 6. The van der Waals surface area contributed by atoms with Crippen LogP contribution < -0.4 is 10.9 Å². The normalized spacial score (nSPS) is 19.2. The van der Waals surface area contributed by atoms with E-state index in [1.165, 1.54) is 104 Å². The number of aromatic nitrogens is 2. The third-order valence-electron chi connectivity index (χ3n) is 16.8. The largest absolute Gasteiger partial charge is 0.416 e. The first kappa shape index (κ1) is 49.0. The lowest BCUT2D eigenvalue weighted by Crippen LogP contribution is -2.48. The maximum atomic E-state index is 15.4. The Morgan fingerprint density at radius 2 is 0.896 bits per heavy atom. The highest BCUT2D eigenvalue weighted by Crippen LogP contribution is 2.36. The number of halogens is 10. The summed E-state index contributed by atoms with van der Waals surface area (Å²) < 4.78 is 391. The zero-order chi connectivity index (χ0) is 99.9. The fourth-order valence-corrected chi connectivity index (χ4v) is 13.0. The number of benzene rings is 8. The Morgan fingerprint density at radius 1 is 0.519 bits per heavy atom.